The summed E-state index contributed by atoms with van der Waals surface area (Å²) >= 11 is 0. The predicted molar refractivity (Wildman–Crippen MR) is 124 cm³/mol. The van der Waals surface area contributed by atoms with Crippen LogP contribution in [-0.4, -0.2) is 74.6 Å². The van der Waals surface area contributed by atoms with Crippen molar-refractivity contribution < 1.29 is 38.2 Å². The molecule has 2 aliphatic rings. The highest BCUT2D eigenvalue weighted by molar-refractivity contribution is 7.47. The highest BCUT2D eigenvalue weighted by atomic mass is 31.2. The maximum absolute atomic E-state index is 12.6. The average Bonchev–Trinajstić information content (AvgIpc) is 3.54. The number of phosphoric acid groups is 1. The van der Waals surface area contributed by atoms with Crippen LogP contribution in [0.3, 0.4) is 0 Å². The van der Waals surface area contributed by atoms with E-state index < -0.39 is 56.9 Å². The number of nitrogen functional groups attached to an aromatic ring is 2. The molecule has 0 bridgehead atoms. The minimum atomic E-state index is -4.79. The average molecular weight is 555 g/mol. The highest BCUT2D eigenvalue weighted by Gasteiger charge is 2.42. The van der Waals surface area contributed by atoms with Gasteiger partial charge in [0.05, 0.1) is 13.0 Å². The summed E-state index contributed by atoms with van der Waals surface area (Å²) in [5.41, 5.74) is 9.74. The fourth-order valence-corrected chi connectivity index (χ4v) is 4.93. The summed E-state index contributed by atoms with van der Waals surface area (Å²) in [7, 11) is -4.79. The highest BCUT2D eigenvalue weighted by Crippen LogP contribution is 2.49. The number of aromatic nitrogens is 7. The van der Waals surface area contributed by atoms with Crippen LogP contribution in [0.1, 0.15) is 25.3 Å². The van der Waals surface area contributed by atoms with Crippen LogP contribution in [0.15, 0.2) is 33.8 Å². The zero-order chi connectivity index (χ0) is 27.2. The molecule has 5 atom stereocenters. The fraction of sp³-hybridized carbons (Fsp3) is 0.444. The van der Waals surface area contributed by atoms with Gasteiger partial charge in [0, 0.05) is 6.42 Å². The van der Waals surface area contributed by atoms with Gasteiger partial charge in [0.25, 0.3) is 5.56 Å². The number of H-pyrrole nitrogens is 1. The van der Waals surface area contributed by atoms with Crippen LogP contribution in [0.25, 0.3) is 11.2 Å². The lowest BCUT2D eigenvalue weighted by Gasteiger charge is -2.20. The molecule has 2 aliphatic heterocycles. The van der Waals surface area contributed by atoms with E-state index in [9.17, 15) is 29.3 Å². The molecule has 0 aliphatic carbocycles. The molecule has 0 spiro atoms. The Hall–Kier alpha value is -3.87. The van der Waals surface area contributed by atoms with Gasteiger partial charge in [-0.05, 0) is 0 Å². The number of nitrogens with one attached hydrogen (secondary N) is 1. The van der Waals surface area contributed by atoms with E-state index in [1.54, 1.807) is 0 Å². The minimum Gasteiger partial charge on any atom is -0.508 e. The van der Waals surface area contributed by atoms with Crippen LogP contribution in [0.5, 0.6) is 0 Å². The molecule has 3 aromatic heterocycles. The number of aliphatic hydroxyl groups is 2. The van der Waals surface area contributed by atoms with Crippen molar-refractivity contribution in [1.29, 1.82) is 0 Å². The predicted octanol–water partition coefficient (Wildman–Crippen LogP) is -1.59. The number of aromatic amines is 1. The summed E-state index contributed by atoms with van der Waals surface area (Å²) in [5, 5.41) is 19.9. The molecule has 2 unspecified atom stereocenters. The minimum absolute atomic E-state index is 0.00331. The van der Waals surface area contributed by atoms with E-state index in [2.05, 4.69) is 24.9 Å². The Morgan fingerprint density at radius 3 is 2.68 bits per heavy atom. The molecular weight excluding hydrogens is 533 g/mol. The van der Waals surface area contributed by atoms with Gasteiger partial charge in [0.15, 0.2) is 23.2 Å². The number of nitrogens with zero attached hydrogens (tertiary/aromatic N) is 6. The van der Waals surface area contributed by atoms with Crippen LogP contribution < -0.4 is 22.7 Å². The first-order chi connectivity index (χ1) is 18.0. The second-order valence-corrected chi connectivity index (χ2v) is 9.67. The number of ether oxygens (including phenoxy) is 2. The Labute approximate surface area is 210 Å². The van der Waals surface area contributed by atoms with Gasteiger partial charge in [0.1, 0.15) is 43.5 Å². The normalized spacial score (nSPS) is 25.1. The van der Waals surface area contributed by atoms with Crippen LogP contribution in [-0.2, 0) is 23.1 Å². The molecule has 0 aromatic carbocycles. The molecule has 3 aromatic rings. The Kier molecular flexibility index (Phi) is 6.63. The van der Waals surface area contributed by atoms with Crippen LogP contribution >= 0.6 is 7.82 Å². The number of aliphatic hydroxyl groups excluding tert-OH is 2. The topological polar surface area (TPSA) is 278 Å². The van der Waals surface area contributed by atoms with E-state index in [1.165, 1.54) is 10.9 Å². The monoisotopic (exact) mass is 555 g/mol. The summed E-state index contributed by atoms with van der Waals surface area (Å²) in [6, 6.07) is 0. The summed E-state index contributed by atoms with van der Waals surface area (Å²) in [6.45, 7) is -1.26. The molecule has 0 saturated carbocycles. The number of phosphoric ester groups is 1. The van der Waals surface area contributed by atoms with Crippen molar-refractivity contribution in [3.8, 4) is 0 Å². The van der Waals surface area contributed by atoms with Gasteiger partial charge in [-0.2, -0.15) is 9.97 Å². The van der Waals surface area contributed by atoms with Gasteiger partial charge in [-0.25, -0.2) is 19.3 Å². The van der Waals surface area contributed by atoms with Crippen molar-refractivity contribution in [2.45, 2.75) is 37.5 Å². The third-order valence-electron chi connectivity index (χ3n) is 5.77. The second-order valence-electron chi connectivity index (χ2n) is 8.26. The van der Waals surface area contributed by atoms with Crippen LogP contribution in [0.2, 0.25) is 0 Å². The number of fused-ring (bicyclic) bond motifs is 1. The molecular formula is C18H22N9O10P. The van der Waals surface area contributed by atoms with Crippen molar-refractivity contribution in [3.63, 3.8) is 0 Å². The van der Waals surface area contributed by atoms with Crippen molar-refractivity contribution >= 4 is 30.9 Å². The van der Waals surface area contributed by atoms with E-state index in [0.29, 0.717) is 0 Å². The second kappa shape index (κ2) is 9.78. The molecule has 38 heavy (non-hydrogen) atoms. The largest absolute Gasteiger partial charge is 0.508 e. The Morgan fingerprint density at radius 2 is 1.95 bits per heavy atom. The third-order valence-corrected chi connectivity index (χ3v) is 6.77. The molecule has 0 amide bonds. The molecule has 19 nitrogen and oxygen atoms in total. The number of anilines is 2. The number of imidazole rings is 1. The van der Waals surface area contributed by atoms with Gasteiger partial charge >= 0.3 is 13.5 Å². The fourth-order valence-electron chi connectivity index (χ4n) is 4.02. The van der Waals surface area contributed by atoms with Crippen molar-refractivity contribution in [2.24, 2.45) is 0 Å². The van der Waals surface area contributed by atoms with E-state index in [1.807, 2.05) is 0 Å². The molecule has 8 N–H and O–H groups in total. The number of hydrogen-bond donors (Lipinski definition) is 6. The molecule has 5 heterocycles. The Balaban J connectivity index is 1.23. The maximum Gasteiger partial charge on any atom is 0.472 e. The van der Waals surface area contributed by atoms with Gasteiger partial charge in [-0.1, -0.05) is 0 Å². The molecule has 204 valence electrons. The number of rotatable bonds is 8. The lowest BCUT2D eigenvalue weighted by Crippen LogP contribution is -2.29. The van der Waals surface area contributed by atoms with Crippen molar-refractivity contribution in [2.75, 3.05) is 24.7 Å². The molecule has 20 heteroatoms. The van der Waals surface area contributed by atoms with E-state index >= 15 is 0 Å². The summed E-state index contributed by atoms with van der Waals surface area (Å²) < 4.78 is 36.3. The first kappa shape index (κ1) is 25.8. The van der Waals surface area contributed by atoms with Gasteiger partial charge in [-0.3, -0.25) is 28.0 Å². The van der Waals surface area contributed by atoms with E-state index in [0.717, 1.165) is 10.9 Å². The quantitative estimate of drug-likeness (QED) is 0.171. The van der Waals surface area contributed by atoms with Crippen molar-refractivity contribution in [1.82, 2.24) is 34.1 Å². The summed E-state index contributed by atoms with van der Waals surface area (Å²) in [4.78, 5) is 51.8. The zero-order valence-corrected chi connectivity index (χ0v) is 20.2. The third kappa shape index (κ3) is 4.97. The van der Waals surface area contributed by atoms with E-state index in [4.69, 9.17) is 30.0 Å². The summed E-state index contributed by atoms with van der Waals surface area (Å²) in [5.74, 6) is -0.838. The Morgan fingerprint density at radius 1 is 1.18 bits per heavy atom. The zero-order valence-electron chi connectivity index (χ0n) is 19.3. The van der Waals surface area contributed by atoms with Gasteiger partial charge in [-0.15, -0.1) is 0 Å². The standard InChI is InChI=1S/C18H22N9O10P/c19-16-22-6-27(18(31)25-16)12-2-8(9(3-28)35-12)37-38(32,33)34-4-10-7(29)1-11(36-10)26-5-21-13-14(26)23-17(20)24-15(13)30/h5-6,8-9,11-12,28-29H,1-4H2,(H,32,33)(H2,19,25,31)(H3,20,23,24,30)/t8-,9?,11-,12+/m1/s1. The number of nitrogens with two attached hydrogens (primary N) is 2. The van der Waals surface area contributed by atoms with Crippen LogP contribution in [0.4, 0.5) is 11.9 Å². The maximum atomic E-state index is 12.6. The summed E-state index contributed by atoms with van der Waals surface area (Å²) in [6.07, 6.45) is -1.97. The van der Waals surface area contributed by atoms with E-state index in [-0.39, 0.29) is 47.4 Å². The molecule has 0 radical (unpaired) electrons. The SMILES string of the molecule is Nc1ncn([C@@H]2C[C@@H](OP(=O)(O)OCC3=C(O)C[C@H](n4cnc5c(=O)[nH]c(N)nc54)O3)C(CO)O2)c(=O)n1. The lowest BCUT2D eigenvalue weighted by molar-refractivity contribution is -0.0469. The van der Waals surface area contributed by atoms with Crippen LogP contribution in [0, 0.1) is 0 Å². The molecule has 1 saturated heterocycles. The first-order valence-corrected chi connectivity index (χ1v) is 12.5. The van der Waals surface area contributed by atoms with Gasteiger partial charge in [0.2, 0.25) is 11.9 Å². The first-order valence-electron chi connectivity index (χ1n) is 11.0. The van der Waals surface area contributed by atoms with Crippen molar-refractivity contribution in [3.05, 3.63) is 45.0 Å². The molecule has 5 rings (SSSR count). The smallest absolute Gasteiger partial charge is 0.472 e. The Bertz CT molecular complexity index is 1570. The van der Waals surface area contributed by atoms with Gasteiger partial charge < -0.3 is 36.0 Å². The lowest BCUT2D eigenvalue weighted by atomic mass is 10.2. The molecule has 1 fully saturated rings. The number of hydrogen-bond acceptors (Lipinski definition) is 15.